The molecule has 0 atom stereocenters. The van der Waals surface area contributed by atoms with Crippen LogP contribution in [0.5, 0.6) is 0 Å². The molecule has 112 valence electrons. The molecule has 0 aliphatic heterocycles. The molecule has 1 aromatic rings. The monoisotopic (exact) mass is 307 g/mol. The van der Waals surface area contributed by atoms with E-state index in [1.807, 2.05) is 0 Å². The Labute approximate surface area is 118 Å². The van der Waals surface area contributed by atoms with Crippen molar-refractivity contribution in [1.82, 2.24) is 9.88 Å². The van der Waals surface area contributed by atoms with Crippen LogP contribution in [0.15, 0.2) is 5.38 Å². The summed E-state index contributed by atoms with van der Waals surface area (Å²) in [5.74, 6) is -0.100. The summed E-state index contributed by atoms with van der Waals surface area (Å²) in [4.78, 5) is 17.5. The Hall–Kier alpha value is -1.15. The van der Waals surface area contributed by atoms with Gasteiger partial charge in [0, 0.05) is 25.0 Å². The van der Waals surface area contributed by atoms with E-state index in [4.69, 9.17) is 5.73 Å². The van der Waals surface area contributed by atoms with Crippen LogP contribution < -0.4 is 5.73 Å². The Morgan fingerprint density at radius 3 is 2.70 bits per heavy atom. The number of carbonyl (C=O) groups excluding carboxylic acids is 1. The van der Waals surface area contributed by atoms with Crippen molar-refractivity contribution < 1.29 is 18.0 Å². The van der Waals surface area contributed by atoms with E-state index < -0.39 is 18.5 Å². The molecule has 1 saturated carbocycles. The van der Waals surface area contributed by atoms with Crippen LogP contribution in [0.2, 0.25) is 0 Å². The van der Waals surface area contributed by atoms with Crippen molar-refractivity contribution in [2.45, 2.75) is 32.0 Å². The number of nitrogens with zero attached hydrogens (tertiary/aromatic N) is 2. The van der Waals surface area contributed by atoms with Gasteiger partial charge in [0.05, 0.1) is 6.42 Å². The molecule has 1 aliphatic rings. The molecular formula is C12H16F3N3OS. The number of rotatable bonds is 6. The molecule has 2 N–H and O–H groups in total. The average Bonchev–Trinajstić information content (AvgIpc) is 3.06. The molecule has 4 nitrogen and oxygen atoms in total. The van der Waals surface area contributed by atoms with Crippen LogP contribution in [0, 0.1) is 5.92 Å². The van der Waals surface area contributed by atoms with Gasteiger partial charge in [-0.1, -0.05) is 0 Å². The van der Waals surface area contributed by atoms with E-state index in [9.17, 15) is 18.0 Å². The minimum Gasteiger partial charge on any atom is -0.337 e. The lowest BCUT2D eigenvalue weighted by molar-refractivity contribution is -0.136. The van der Waals surface area contributed by atoms with Crippen molar-refractivity contribution in [3.8, 4) is 0 Å². The van der Waals surface area contributed by atoms with Crippen molar-refractivity contribution in [2.75, 3.05) is 13.1 Å². The summed E-state index contributed by atoms with van der Waals surface area (Å²) in [6.45, 7) is 0.293. The SMILES string of the molecule is NCc1nc(C(=O)N(CCC(F)(F)F)CC2CC2)cs1. The first kappa shape index (κ1) is 15.2. The van der Waals surface area contributed by atoms with Gasteiger partial charge in [0.25, 0.3) is 5.91 Å². The molecule has 0 saturated heterocycles. The second kappa shape index (κ2) is 6.09. The van der Waals surface area contributed by atoms with E-state index in [1.165, 1.54) is 16.2 Å². The predicted octanol–water partition coefficient (Wildman–Crippen LogP) is 2.41. The Bertz CT molecular complexity index is 471. The van der Waals surface area contributed by atoms with E-state index in [2.05, 4.69) is 4.98 Å². The van der Waals surface area contributed by atoms with Crippen molar-refractivity contribution in [2.24, 2.45) is 11.7 Å². The maximum absolute atomic E-state index is 12.3. The van der Waals surface area contributed by atoms with E-state index in [0.717, 1.165) is 12.8 Å². The molecule has 1 amide bonds. The van der Waals surface area contributed by atoms with Crippen molar-refractivity contribution >= 4 is 17.2 Å². The molecule has 0 radical (unpaired) electrons. The number of nitrogens with two attached hydrogens (primary N) is 1. The zero-order valence-electron chi connectivity index (χ0n) is 10.8. The van der Waals surface area contributed by atoms with E-state index in [-0.39, 0.29) is 18.8 Å². The maximum Gasteiger partial charge on any atom is 0.390 e. The normalized spacial score (nSPS) is 15.4. The first-order valence-electron chi connectivity index (χ1n) is 6.39. The smallest absolute Gasteiger partial charge is 0.337 e. The van der Waals surface area contributed by atoms with Gasteiger partial charge in [0.1, 0.15) is 10.7 Å². The molecule has 1 aliphatic carbocycles. The second-order valence-corrected chi connectivity index (χ2v) is 5.83. The van der Waals surface area contributed by atoms with Gasteiger partial charge in [-0.25, -0.2) is 4.98 Å². The average molecular weight is 307 g/mol. The Morgan fingerprint density at radius 2 is 2.20 bits per heavy atom. The van der Waals surface area contributed by atoms with Crippen LogP contribution in [0.4, 0.5) is 13.2 Å². The third-order valence-electron chi connectivity index (χ3n) is 3.07. The number of halogens is 3. The molecule has 0 bridgehead atoms. The van der Waals surface area contributed by atoms with Crippen LogP contribution in [0.3, 0.4) is 0 Å². The van der Waals surface area contributed by atoms with Gasteiger partial charge in [-0.05, 0) is 18.8 Å². The first-order chi connectivity index (χ1) is 9.39. The standard InChI is InChI=1S/C12H16F3N3OS/c13-12(14,15)3-4-18(6-8-1-2-8)11(19)9-7-20-10(5-16)17-9/h7-8H,1-6,16H2. The largest absolute Gasteiger partial charge is 0.390 e. The molecular weight excluding hydrogens is 291 g/mol. The highest BCUT2D eigenvalue weighted by atomic mass is 32.1. The van der Waals surface area contributed by atoms with Crippen LogP contribution in [0.1, 0.15) is 34.8 Å². The highest BCUT2D eigenvalue weighted by molar-refractivity contribution is 7.09. The van der Waals surface area contributed by atoms with E-state index >= 15 is 0 Å². The zero-order chi connectivity index (χ0) is 14.8. The maximum atomic E-state index is 12.3. The fourth-order valence-electron chi connectivity index (χ4n) is 1.81. The molecule has 1 aromatic heterocycles. The van der Waals surface area contributed by atoms with Gasteiger partial charge in [0.15, 0.2) is 0 Å². The number of aromatic nitrogens is 1. The third-order valence-corrected chi connectivity index (χ3v) is 3.94. The highest BCUT2D eigenvalue weighted by Crippen LogP contribution is 2.31. The lowest BCUT2D eigenvalue weighted by Crippen LogP contribution is -2.36. The summed E-state index contributed by atoms with van der Waals surface area (Å²) in [5.41, 5.74) is 5.61. The van der Waals surface area contributed by atoms with Gasteiger partial charge in [-0.2, -0.15) is 13.2 Å². The predicted molar refractivity (Wildman–Crippen MR) is 69.3 cm³/mol. The minimum atomic E-state index is -4.26. The molecule has 1 heterocycles. The molecule has 2 rings (SSSR count). The van der Waals surface area contributed by atoms with Gasteiger partial charge in [0.2, 0.25) is 0 Å². The van der Waals surface area contributed by atoms with E-state index in [1.54, 1.807) is 5.38 Å². The molecule has 20 heavy (non-hydrogen) atoms. The molecule has 0 spiro atoms. The molecule has 0 aromatic carbocycles. The van der Waals surface area contributed by atoms with Gasteiger partial charge >= 0.3 is 6.18 Å². The molecule has 0 unspecified atom stereocenters. The van der Waals surface area contributed by atoms with Crippen molar-refractivity contribution in [3.63, 3.8) is 0 Å². The number of carbonyl (C=O) groups is 1. The summed E-state index contributed by atoms with van der Waals surface area (Å²) in [7, 11) is 0. The Morgan fingerprint density at radius 1 is 1.50 bits per heavy atom. The van der Waals surface area contributed by atoms with Crippen LogP contribution in [0.25, 0.3) is 0 Å². The van der Waals surface area contributed by atoms with Gasteiger partial charge in [-0.15, -0.1) is 11.3 Å². The Kier molecular flexibility index (Phi) is 4.64. The number of alkyl halides is 3. The Balaban J connectivity index is 2.02. The first-order valence-corrected chi connectivity index (χ1v) is 7.27. The topological polar surface area (TPSA) is 59.2 Å². The van der Waals surface area contributed by atoms with Crippen LogP contribution in [-0.4, -0.2) is 35.1 Å². The lowest BCUT2D eigenvalue weighted by Gasteiger charge is -2.22. The second-order valence-electron chi connectivity index (χ2n) is 4.89. The van der Waals surface area contributed by atoms with Crippen LogP contribution >= 0.6 is 11.3 Å². The van der Waals surface area contributed by atoms with Gasteiger partial charge in [-0.3, -0.25) is 4.79 Å². The number of hydrogen-bond donors (Lipinski definition) is 1. The third kappa shape index (κ3) is 4.45. The fourth-order valence-corrected chi connectivity index (χ4v) is 2.46. The van der Waals surface area contributed by atoms with Crippen molar-refractivity contribution in [1.29, 1.82) is 0 Å². The molecule has 8 heteroatoms. The number of amides is 1. The zero-order valence-corrected chi connectivity index (χ0v) is 11.6. The fraction of sp³-hybridized carbons (Fsp3) is 0.667. The number of thiazole rings is 1. The summed E-state index contributed by atoms with van der Waals surface area (Å²) in [5, 5.41) is 2.16. The highest BCUT2D eigenvalue weighted by Gasteiger charge is 2.32. The number of hydrogen-bond acceptors (Lipinski definition) is 4. The summed E-state index contributed by atoms with van der Waals surface area (Å²) < 4.78 is 37.0. The van der Waals surface area contributed by atoms with Crippen LogP contribution in [-0.2, 0) is 6.54 Å². The summed E-state index contributed by atoms with van der Waals surface area (Å²) in [6.07, 6.45) is -3.30. The summed E-state index contributed by atoms with van der Waals surface area (Å²) >= 11 is 1.25. The van der Waals surface area contributed by atoms with Gasteiger partial charge < -0.3 is 10.6 Å². The quantitative estimate of drug-likeness (QED) is 0.878. The lowest BCUT2D eigenvalue weighted by atomic mass is 10.3. The molecule has 1 fully saturated rings. The minimum absolute atomic E-state index is 0.193. The van der Waals surface area contributed by atoms with Crippen molar-refractivity contribution in [3.05, 3.63) is 16.1 Å². The summed E-state index contributed by atoms with van der Waals surface area (Å²) in [6, 6.07) is 0. The van der Waals surface area contributed by atoms with E-state index in [0.29, 0.717) is 17.5 Å².